The number of H-pyrrole nitrogens is 1. The molecule has 0 spiro atoms. The van der Waals surface area contributed by atoms with Crippen molar-refractivity contribution in [2.75, 3.05) is 36.5 Å². The SMILES string of the molecule is CCOC(=O)c1c(C)[nH]c(C(=O)OCC(=O)Nc2ccc(N(CC)CC)cc2)c1C. The van der Waals surface area contributed by atoms with Gasteiger partial charge in [0.1, 0.15) is 5.69 Å². The number of aromatic amines is 1. The van der Waals surface area contributed by atoms with Gasteiger partial charge in [-0.1, -0.05) is 0 Å². The number of carbonyl (C=O) groups excluding carboxylic acids is 3. The molecule has 30 heavy (non-hydrogen) atoms. The molecule has 0 aliphatic heterocycles. The van der Waals surface area contributed by atoms with Crippen molar-refractivity contribution in [1.82, 2.24) is 4.98 Å². The van der Waals surface area contributed by atoms with Crippen LogP contribution in [0.2, 0.25) is 0 Å². The van der Waals surface area contributed by atoms with E-state index in [4.69, 9.17) is 9.47 Å². The molecule has 162 valence electrons. The second-order valence-electron chi connectivity index (χ2n) is 6.69. The summed E-state index contributed by atoms with van der Waals surface area (Å²) in [6, 6.07) is 7.46. The Morgan fingerprint density at radius 3 is 2.17 bits per heavy atom. The highest BCUT2D eigenvalue weighted by molar-refractivity contribution is 5.99. The molecular weight excluding hydrogens is 386 g/mol. The second kappa shape index (κ2) is 10.5. The average molecular weight is 415 g/mol. The Morgan fingerprint density at radius 2 is 1.60 bits per heavy atom. The predicted octanol–water partition coefficient (Wildman–Crippen LogP) is 3.45. The lowest BCUT2D eigenvalue weighted by Crippen LogP contribution is -2.22. The second-order valence-corrected chi connectivity index (χ2v) is 6.69. The molecule has 2 N–H and O–H groups in total. The van der Waals surface area contributed by atoms with Crippen LogP contribution in [0.15, 0.2) is 24.3 Å². The molecule has 1 aromatic carbocycles. The molecule has 0 saturated heterocycles. The Hall–Kier alpha value is -3.29. The summed E-state index contributed by atoms with van der Waals surface area (Å²) in [5, 5.41) is 2.70. The van der Waals surface area contributed by atoms with E-state index in [0.717, 1.165) is 18.8 Å². The van der Waals surface area contributed by atoms with E-state index in [1.165, 1.54) is 0 Å². The maximum atomic E-state index is 12.4. The number of rotatable bonds is 9. The molecule has 0 saturated carbocycles. The number of nitrogens with zero attached hydrogens (tertiary/aromatic N) is 1. The summed E-state index contributed by atoms with van der Waals surface area (Å²) in [4.78, 5) is 41.6. The summed E-state index contributed by atoms with van der Waals surface area (Å²) in [6.45, 7) is 10.8. The molecule has 2 aromatic rings. The topological polar surface area (TPSA) is 101 Å². The van der Waals surface area contributed by atoms with Crippen LogP contribution >= 0.6 is 0 Å². The van der Waals surface area contributed by atoms with Gasteiger partial charge < -0.3 is 24.7 Å². The quantitative estimate of drug-likeness (QED) is 0.609. The van der Waals surface area contributed by atoms with Crippen molar-refractivity contribution in [3.63, 3.8) is 0 Å². The van der Waals surface area contributed by atoms with E-state index in [1.54, 1.807) is 32.9 Å². The van der Waals surface area contributed by atoms with Crippen molar-refractivity contribution in [2.45, 2.75) is 34.6 Å². The number of hydrogen-bond donors (Lipinski definition) is 2. The molecule has 1 heterocycles. The molecular formula is C22H29N3O5. The summed E-state index contributed by atoms with van der Waals surface area (Å²) >= 11 is 0. The van der Waals surface area contributed by atoms with Crippen molar-refractivity contribution in [2.24, 2.45) is 0 Å². The van der Waals surface area contributed by atoms with Gasteiger partial charge in [0, 0.05) is 30.2 Å². The fraction of sp³-hybridized carbons (Fsp3) is 0.409. The first-order valence-corrected chi connectivity index (χ1v) is 10.0. The minimum atomic E-state index is -0.710. The number of ether oxygens (including phenoxy) is 2. The number of anilines is 2. The standard InChI is InChI=1S/C22H29N3O5/c1-6-25(7-2)17-11-9-16(10-12-17)24-18(26)13-30-22(28)20-14(4)19(15(5)23-20)21(27)29-8-3/h9-12,23H,6-8,13H2,1-5H3,(H,24,26). The zero-order chi connectivity index (χ0) is 22.3. The minimum Gasteiger partial charge on any atom is -0.462 e. The smallest absolute Gasteiger partial charge is 0.355 e. The Balaban J connectivity index is 1.96. The molecule has 0 fully saturated rings. The maximum Gasteiger partial charge on any atom is 0.355 e. The normalized spacial score (nSPS) is 10.4. The molecule has 2 rings (SSSR count). The molecule has 1 aromatic heterocycles. The van der Waals surface area contributed by atoms with Crippen LogP contribution in [0.4, 0.5) is 11.4 Å². The van der Waals surface area contributed by atoms with Crippen molar-refractivity contribution in [3.8, 4) is 0 Å². The van der Waals surface area contributed by atoms with Gasteiger partial charge in [-0.25, -0.2) is 9.59 Å². The minimum absolute atomic E-state index is 0.131. The van der Waals surface area contributed by atoms with Gasteiger partial charge in [-0.05, 0) is 64.4 Å². The third kappa shape index (κ3) is 5.40. The van der Waals surface area contributed by atoms with Gasteiger partial charge in [-0.2, -0.15) is 0 Å². The summed E-state index contributed by atoms with van der Waals surface area (Å²) in [5.74, 6) is -1.67. The molecule has 0 atom stereocenters. The third-order valence-electron chi connectivity index (χ3n) is 4.74. The fourth-order valence-electron chi connectivity index (χ4n) is 3.21. The van der Waals surface area contributed by atoms with E-state index >= 15 is 0 Å². The van der Waals surface area contributed by atoms with E-state index in [-0.39, 0.29) is 12.3 Å². The van der Waals surface area contributed by atoms with Gasteiger partial charge in [0.25, 0.3) is 5.91 Å². The lowest BCUT2D eigenvalue weighted by atomic mass is 10.1. The number of hydrogen-bond acceptors (Lipinski definition) is 6. The van der Waals surface area contributed by atoms with Crippen LogP contribution in [-0.4, -0.2) is 49.1 Å². The lowest BCUT2D eigenvalue weighted by molar-refractivity contribution is -0.119. The first-order chi connectivity index (χ1) is 14.3. The molecule has 0 bridgehead atoms. The summed E-state index contributed by atoms with van der Waals surface area (Å²) < 4.78 is 10.1. The van der Waals surface area contributed by atoms with Gasteiger partial charge in [0.2, 0.25) is 0 Å². The third-order valence-corrected chi connectivity index (χ3v) is 4.74. The highest BCUT2D eigenvalue weighted by Gasteiger charge is 2.24. The van der Waals surface area contributed by atoms with E-state index in [1.807, 2.05) is 12.1 Å². The Kier molecular flexibility index (Phi) is 8.03. The molecule has 0 unspecified atom stereocenters. The predicted molar refractivity (Wildman–Crippen MR) is 115 cm³/mol. The largest absolute Gasteiger partial charge is 0.462 e. The van der Waals surface area contributed by atoms with Crippen LogP contribution in [0.3, 0.4) is 0 Å². The number of benzene rings is 1. The van der Waals surface area contributed by atoms with Gasteiger partial charge in [-0.15, -0.1) is 0 Å². The summed E-state index contributed by atoms with van der Waals surface area (Å²) in [7, 11) is 0. The van der Waals surface area contributed by atoms with Crippen LogP contribution in [-0.2, 0) is 14.3 Å². The Morgan fingerprint density at radius 1 is 0.967 bits per heavy atom. The molecule has 8 heteroatoms. The number of amides is 1. The molecule has 1 amide bonds. The summed E-state index contributed by atoms with van der Waals surface area (Å²) in [5.41, 5.74) is 3.07. The lowest BCUT2D eigenvalue weighted by Gasteiger charge is -2.21. The van der Waals surface area contributed by atoms with E-state index < -0.39 is 24.5 Å². The van der Waals surface area contributed by atoms with E-state index in [2.05, 4.69) is 29.0 Å². The maximum absolute atomic E-state index is 12.4. The van der Waals surface area contributed by atoms with Crippen molar-refractivity contribution >= 4 is 29.2 Å². The number of aromatic nitrogens is 1. The van der Waals surface area contributed by atoms with Crippen LogP contribution < -0.4 is 10.2 Å². The molecule has 0 aliphatic rings. The number of nitrogens with one attached hydrogen (secondary N) is 2. The van der Waals surface area contributed by atoms with Crippen molar-refractivity contribution in [1.29, 1.82) is 0 Å². The van der Waals surface area contributed by atoms with Crippen LogP contribution in [0.1, 0.15) is 52.9 Å². The average Bonchev–Trinajstić information content (AvgIpc) is 3.02. The van der Waals surface area contributed by atoms with Crippen LogP contribution in [0.25, 0.3) is 0 Å². The first-order valence-electron chi connectivity index (χ1n) is 10.0. The van der Waals surface area contributed by atoms with Crippen molar-refractivity contribution in [3.05, 3.63) is 46.8 Å². The monoisotopic (exact) mass is 415 g/mol. The molecule has 0 radical (unpaired) electrons. The van der Waals surface area contributed by atoms with Crippen LogP contribution in [0.5, 0.6) is 0 Å². The highest BCUT2D eigenvalue weighted by atomic mass is 16.5. The van der Waals surface area contributed by atoms with Gasteiger partial charge in [0.05, 0.1) is 12.2 Å². The van der Waals surface area contributed by atoms with Gasteiger partial charge in [-0.3, -0.25) is 4.79 Å². The molecule has 8 nitrogen and oxygen atoms in total. The first kappa shape index (κ1) is 23.0. The number of carbonyl (C=O) groups is 3. The van der Waals surface area contributed by atoms with Gasteiger partial charge in [0.15, 0.2) is 6.61 Å². The van der Waals surface area contributed by atoms with Crippen molar-refractivity contribution < 1.29 is 23.9 Å². The van der Waals surface area contributed by atoms with E-state index in [0.29, 0.717) is 22.5 Å². The van der Waals surface area contributed by atoms with Crippen LogP contribution in [0, 0.1) is 13.8 Å². The number of aryl methyl sites for hydroxylation is 1. The Bertz CT molecular complexity index is 898. The zero-order valence-corrected chi connectivity index (χ0v) is 18.1. The fourth-order valence-corrected chi connectivity index (χ4v) is 3.21. The van der Waals surface area contributed by atoms with E-state index in [9.17, 15) is 14.4 Å². The summed E-state index contributed by atoms with van der Waals surface area (Å²) in [6.07, 6.45) is 0. The molecule has 0 aliphatic carbocycles. The number of esters is 2. The van der Waals surface area contributed by atoms with Gasteiger partial charge >= 0.3 is 11.9 Å². The Labute approximate surface area is 176 Å². The zero-order valence-electron chi connectivity index (χ0n) is 18.1. The highest BCUT2D eigenvalue weighted by Crippen LogP contribution is 2.20.